The first-order valence-corrected chi connectivity index (χ1v) is 11.4. The first kappa shape index (κ1) is 21.5. The number of carbonyl (C=O) groups excluding carboxylic acids is 1. The predicted molar refractivity (Wildman–Crippen MR) is 121 cm³/mol. The lowest BCUT2D eigenvalue weighted by atomic mass is 9.86. The summed E-state index contributed by atoms with van der Waals surface area (Å²) in [4.78, 5) is 16.5. The fourth-order valence-electron chi connectivity index (χ4n) is 5.36. The zero-order chi connectivity index (χ0) is 22.5. The van der Waals surface area contributed by atoms with Crippen molar-refractivity contribution in [3.63, 3.8) is 0 Å². The SMILES string of the molecule is CNC(=O)c1ccc(F)cc1N1CC(O)C(N2CCC3(CC2)Cc2cc(Cl)ccc2O3)C1. The van der Waals surface area contributed by atoms with Gasteiger partial charge in [-0.2, -0.15) is 0 Å². The predicted octanol–water partition coefficient (Wildman–Crippen LogP) is 2.86. The van der Waals surface area contributed by atoms with E-state index in [4.69, 9.17) is 16.3 Å². The Bertz CT molecular complexity index is 1040. The zero-order valence-corrected chi connectivity index (χ0v) is 18.7. The van der Waals surface area contributed by atoms with Crippen LogP contribution in [0.5, 0.6) is 5.75 Å². The van der Waals surface area contributed by atoms with Gasteiger partial charge in [0.05, 0.1) is 23.4 Å². The molecule has 6 nitrogen and oxygen atoms in total. The standard InChI is InChI=1S/C24H27ClFN3O3/c1-27-23(31)18-4-3-17(26)11-19(18)29-13-20(21(30)14-29)28-8-6-24(7-9-28)12-15-10-16(25)2-5-22(15)32-24/h2-5,10-11,20-21,30H,6-9,12-14H2,1H3,(H,27,31). The number of aliphatic hydroxyl groups excluding tert-OH is 1. The zero-order valence-electron chi connectivity index (χ0n) is 18.0. The van der Waals surface area contributed by atoms with E-state index in [1.54, 1.807) is 7.05 Å². The second-order valence-corrected chi connectivity index (χ2v) is 9.47. The van der Waals surface area contributed by atoms with E-state index in [9.17, 15) is 14.3 Å². The highest BCUT2D eigenvalue weighted by molar-refractivity contribution is 6.30. The lowest BCUT2D eigenvalue weighted by Gasteiger charge is -2.41. The molecule has 0 saturated carbocycles. The molecule has 1 spiro atoms. The summed E-state index contributed by atoms with van der Waals surface area (Å²) >= 11 is 6.15. The molecule has 0 radical (unpaired) electrons. The highest BCUT2D eigenvalue weighted by Gasteiger charge is 2.45. The van der Waals surface area contributed by atoms with Gasteiger partial charge in [0.15, 0.2) is 0 Å². The lowest BCUT2D eigenvalue weighted by Crippen LogP contribution is -2.53. The first-order valence-electron chi connectivity index (χ1n) is 11.0. The number of halogens is 2. The van der Waals surface area contributed by atoms with Crippen LogP contribution < -0.4 is 15.0 Å². The van der Waals surface area contributed by atoms with E-state index < -0.39 is 11.9 Å². The highest BCUT2D eigenvalue weighted by Crippen LogP contribution is 2.42. The number of fused-ring (bicyclic) bond motifs is 1. The minimum atomic E-state index is -0.578. The van der Waals surface area contributed by atoms with Crippen LogP contribution in [0.15, 0.2) is 36.4 Å². The summed E-state index contributed by atoms with van der Waals surface area (Å²) in [5.74, 6) is 0.252. The van der Waals surface area contributed by atoms with Crippen LogP contribution in [0.4, 0.5) is 10.1 Å². The van der Waals surface area contributed by atoms with E-state index in [2.05, 4.69) is 10.2 Å². The Morgan fingerprint density at radius 1 is 1.22 bits per heavy atom. The molecule has 2 aromatic rings. The largest absolute Gasteiger partial charge is 0.487 e. The molecule has 2 fully saturated rings. The van der Waals surface area contributed by atoms with Gasteiger partial charge in [-0.3, -0.25) is 9.69 Å². The number of likely N-dealkylation sites (tertiary alicyclic amines) is 1. The van der Waals surface area contributed by atoms with E-state index in [-0.39, 0.29) is 17.6 Å². The number of ether oxygens (including phenoxy) is 1. The molecule has 1 amide bonds. The van der Waals surface area contributed by atoms with Crippen LogP contribution in [0.25, 0.3) is 0 Å². The van der Waals surface area contributed by atoms with Crippen LogP contribution in [0.3, 0.4) is 0 Å². The Morgan fingerprint density at radius 2 is 2.00 bits per heavy atom. The molecule has 0 aromatic heterocycles. The van der Waals surface area contributed by atoms with Crippen molar-refractivity contribution >= 4 is 23.2 Å². The van der Waals surface area contributed by atoms with Crippen molar-refractivity contribution in [3.05, 3.63) is 58.4 Å². The van der Waals surface area contributed by atoms with Crippen LogP contribution in [0.2, 0.25) is 5.02 Å². The molecule has 170 valence electrons. The topological polar surface area (TPSA) is 65.0 Å². The van der Waals surface area contributed by atoms with Crippen molar-refractivity contribution in [3.8, 4) is 5.75 Å². The van der Waals surface area contributed by atoms with E-state index in [1.165, 1.54) is 18.2 Å². The number of rotatable bonds is 3. The molecule has 0 aliphatic carbocycles. The molecule has 32 heavy (non-hydrogen) atoms. The van der Waals surface area contributed by atoms with E-state index in [0.717, 1.165) is 48.7 Å². The Kier molecular flexibility index (Phi) is 5.51. The number of amides is 1. The van der Waals surface area contributed by atoms with Crippen molar-refractivity contribution < 1.29 is 19.0 Å². The van der Waals surface area contributed by atoms with Gasteiger partial charge >= 0.3 is 0 Å². The normalized spacial score (nSPS) is 24.4. The second kappa shape index (κ2) is 8.21. The Labute approximate surface area is 191 Å². The maximum absolute atomic E-state index is 14.0. The molecule has 3 heterocycles. The van der Waals surface area contributed by atoms with Gasteiger partial charge in [-0.1, -0.05) is 11.6 Å². The maximum atomic E-state index is 14.0. The summed E-state index contributed by atoms with van der Waals surface area (Å²) in [6.45, 7) is 2.52. The highest BCUT2D eigenvalue weighted by atomic mass is 35.5. The average molecular weight is 460 g/mol. The molecule has 2 aromatic carbocycles. The van der Waals surface area contributed by atoms with Crippen LogP contribution in [-0.2, 0) is 6.42 Å². The fourth-order valence-corrected chi connectivity index (χ4v) is 5.56. The van der Waals surface area contributed by atoms with Gasteiger partial charge in [-0.25, -0.2) is 4.39 Å². The van der Waals surface area contributed by atoms with E-state index >= 15 is 0 Å². The van der Waals surface area contributed by atoms with Gasteiger partial charge in [-0.15, -0.1) is 0 Å². The fraction of sp³-hybridized carbons (Fsp3) is 0.458. The summed E-state index contributed by atoms with van der Waals surface area (Å²) in [6.07, 6.45) is 2.01. The monoisotopic (exact) mass is 459 g/mol. The van der Waals surface area contributed by atoms with E-state index in [1.807, 2.05) is 23.1 Å². The number of β-amino-alcohol motifs (C(OH)–C–C–N with tert-alkyl or cyclic N) is 1. The first-order chi connectivity index (χ1) is 15.4. The number of benzene rings is 2. The van der Waals surface area contributed by atoms with Crippen molar-refractivity contribution in [1.82, 2.24) is 10.2 Å². The van der Waals surface area contributed by atoms with Gasteiger partial charge in [0.25, 0.3) is 5.91 Å². The van der Waals surface area contributed by atoms with Crippen molar-refractivity contribution in [2.45, 2.75) is 37.0 Å². The Hall–Kier alpha value is -2.35. The molecule has 3 aliphatic rings. The summed E-state index contributed by atoms with van der Waals surface area (Å²) in [6, 6.07) is 9.87. The Morgan fingerprint density at radius 3 is 2.75 bits per heavy atom. The van der Waals surface area contributed by atoms with E-state index in [0.29, 0.717) is 24.3 Å². The van der Waals surface area contributed by atoms with Gasteiger partial charge in [0.2, 0.25) is 0 Å². The minimum Gasteiger partial charge on any atom is -0.487 e. The van der Waals surface area contributed by atoms with Gasteiger partial charge in [0, 0.05) is 57.5 Å². The second-order valence-electron chi connectivity index (χ2n) is 9.03. The van der Waals surface area contributed by atoms with Gasteiger partial charge < -0.3 is 20.1 Å². The molecular formula is C24H27ClFN3O3. The summed E-state index contributed by atoms with van der Waals surface area (Å²) < 4.78 is 20.3. The van der Waals surface area contributed by atoms with Crippen LogP contribution in [-0.4, -0.2) is 66.9 Å². The van der Waals surface area contributed by atoms with Crippen molar-refractivity contribution in [2.75, 3.05) is 38.1 Å². The van der Waals surface area contributed by atoms with Crippen LogP contribution >= 0.6 is 11.6 Å². The number of hydrogen-bond acceptors (Lipinski definition) is 5. The number of nitrogens with zero attached hydrogens (tertiary/aromatic N) is 2. The number of anilines is 1. The molecule has 2 saturated heterocycles. The molecular weight excluding hydrogens is 433 g/mol. The molecule has 8 heteroatoms. The number of nitrogens with one attached hydrogen (secondary N) is 1. The lowest BCUT2D eigenvalue weighted by molar-refractivity contribution is -0.0107. The number of carbonyl (C=O) groups is 1. The van der Waals surface area contributed by atoms with Crippen LogP contribution in [0.1, 0.15) is 28.8 Å². The third-order valence-electron chi connectivity index (χ3n) is 7.07. The maximum Gasteiger partial charge on any atom is 0.253 e. The molecule has 2 atom stereocenters. The molecule has 2 unspecified atom stereocenters. The third-order valence-corrected chi connectivity index (χ3v) is 7.31. The molecule has 0 bridgehead atoms. The van der Waals surface area contributed by atoms with Crippen LogP contribution in [0, 0.1) is 5.82 Å². The van der Waals surface area contributed by atoms with Crippen molar-refractivity contribution in [1.29, 1.82) is 0 Å². The summed E-state index contributed by atoms with van der Waals surface area (Å²) in [5, 5.41) is 14.2. The van der Waals surface area contributed by atoms with Crippen molar-refractivity contribution in [2.24, 2.45) is 0 Å². The molecule has 2 N–H and O–H groups in total. The third kappa shape index (κ3) is 3.83. The summed E-state index contributed by atoms with van der Waals surface area (Å²) in [7, 11) is 1.55. The Balaban J connectivity index is 1.27. The molecule has 5 rings (SSSR count). The summed E-state index contributed by atoms with van der Waals surface area (Å²) in [5.41, 5.74) is 1.88. The van der Waals surface area contributed by atoms with Gasteiger partial charge in [-0.05, 0) is 42.0 Å². The minimum absolute atomic E-state index is 0.0774. The molecule has 3 aliphatic heterocycles. The number of hydrogen-bond donors (Lipinski definition) is 2. The smallest absolute Gasteiger partial charge is 0.253 e. The average Bonchev–Trinajstić information content (AvgIpc) is 3.33. The quantitative estimate of drug-likeness (QED) is 0.739. The number of aliphatic hydroxyl groups is 1. The van der Waals surface area contributed by atoms with Gasteiger partial charge in [0.1, 0.15) is 17.2 Å². The number of piperidine rings is 1.